The quantitative estimate of drug-likeness (QED) is 0.346. The summed E-state index contributed by atoms with van der Waals surface area (Å²) in [6.45, 7) is 1.90. The molecular formula is C27H24FN3O3S. The van der Waals surface area contributed by atoms with E-state index in [1.807, 2.05) is 18.2 Å². The van der Waals surface area contributed by atoms with Crippen molar-refractivity contribution in [2.45, 2.75) is 30.8 Å². The fraction of sp³-hybridized carbons (Fsp3) is 0.296. The van der Waals surface area contributed by atoms with Gasteiger partial charge in [-0.05, 0) is 54.7 Å². The zero-order valence-corrected chi connectivity index (χ0v) is 19.8. The lowest BCUT2D eigenvalue weighted by Crippen LogP contribution is -2.53. The van der Waals surface area contributed by atoms with Crippen LogP contribution in [0, 0.1) is 5.82 Å². The van der Waals surface area contributed by atoms with Crippen LogP contribution >= 0.6 is 11.3 Å². The topological polar surface area (TPSA) is 75.6 Å². The summed E-state index contributed by atoms with van der Waals surface area (Å²) in [4.78, 5) is 23.1. The van der Waals surface area contributed by atoms with Crippen molar-refractivity contribution < 1.29 is 19.0 Å². The Morgan fingerprint density at radius 2 is 1.91 bits per heavy atom. The van der Waals surface area contributed by atoms with Gasteiger partial charge in [0.2, 0.25) is 0 Å². The van der Waals surface area contributed by atoms with Crippen LogP contribution in [-0.2, 0) is 16.6 Å². The molecule has 1 aliphatic carbocycles. The van der Waals surface area contributed by atoms with Crippen LogP contribution in [0.1, 0.15) is 29.7 Å². The third-order valence-electron chi connectivity index (χ3n) is 6.99. The van der Waals surface area contributed by atoms with Gasteiger partial charge < -0.3 is 9.84 Å². The Morgan fingerprint density at radius 1 is 1.11 bits per heavy atom. The monoisotopic (exact) mass is 489 g/mol. The van der Waals surface area contributed by atoms with E-state index in [4.69, 9.17) is 14.8 Å². The molecule has 0 radical (unpaired) electrons. The summed E-state index contributed by atoms with van der Waals surface area (Å²) in [7, 11) is 0. The highest BCUT2D eigenvalue weighted by Gasteiger charge is 2.47. The highest BCUT2D eigenvalue weighted by Crippen LogP contribution is 2.53. The Balaban J connectivity index is 1.17. The van der Waals surface area contributed by atoms with E-state index in [9.17, 15) is 4.79 Å². The summed E-state index contributed by atoms with van der Waals surface area (Å²) in [5.41, 5.74) is 4.51. The van der Waals surface area contributed by atoms with Crippen molar-refractivity contribution in [2.24, 2.45) is 0 Å². The largest absolute Gasteiger partial charge is 0.506 e. The number of carbonyl (C=O) groups is 1. The van der Waals surface area contributed by atoms with Crippen LogP contribution in [0.3, 0.4) is 0 Å². The van der Waals surface area contributed by atoms with E-state index in [1.54, 1.807) is 12.1 Å². The molecule has 178 valence electrons. The van der Waals surface area contributed by atoms with Crippen LogP contribution < -0.4 is 0 Å². The Bertz CT molecular complexity index is 1400. The molecule has 0 unspecified atom stereocenters. The number of fused-ring (bicyclic) bond motifs is 1. The lowest BCUT2D eigenvalue weighted by Gasteiger charge is -2.37. The molecule has 1 saturated heterocycles. The van der Waals surface area contributed by atoms with Gasteiger partial charge >= 0.3 is 6.16 Å². The summed E-state index contributed by atoms with van der Waals surface area (Å²) in [5.74, 6) is -0.291. The molecule has 1 N–H and O–H groups in total. The molecule has 2 aliphatic rings. The molecule has 0 spiro atoms. The number of hydrogen-bond acceptors (Lipinski definition) is 6. The van der Waals surface area contributed by atoms with Gasteiger partial charge in [-0.3, -0.25) is 4.90 Å². The molecule has 1 aliphatic heterocycles. The first-order valence-electron chi connectivity index (χ1n) is 11.7. The first-order valence-corrected chi connectivity index (χ1v) is 12.6. The zero-order chi connectivity index (χ0) is 24.0. The minimum Gasteiger partial charge on any atom is -0.450 e. The predicted molar refractivity (Wildman–Crippen MR) is 132 cm³/mol. The van der Waals surface area contributed by atoms with Gasteiger partial charge in [0.25, 0.3) is 0 Å². The van der Waals surface area contributed by atoms with E-state index >= 15 is 4.39 Å². The minimum atomic E-state index is -1.24. The maximum absolute atomic E-state index is 15.0. The van der Waals surface area contributed by atoms with Crippen molar-refractivity contribution in [2.75, 3.05) is 19.6 Å². The van der Waals surface area contributed by atoms with Crippen LogP contribution in [0.2, 0.25) is 0 Å². The van der Waals surface area contributed by atoms with Gasteiger partial charge in [0.1, 0.15) is 27.3 Å². The number of ether oxygens (including phenoxy) is 1. The van der Waals surface area contributed by atoms with Gasteiger partial charge in [-0.15, -0.1) is 0 Å². The van der Waals surface area contributed by atoms with E-state index in [-0.39, 0.29) is 17.3 Å². The fourth-order valence-corrected chi connectivity index (χ4v) is 5.84. The van der Waals surface area contributed by atoms with Gasteiger partial charge in [0, 0.05) is 30.6 Å². The normalized spacial score (nSPS) is 17.3. The second-order valence-electron chi connectivity index (χ2n) is 9.32. The molecule has 0 bridgehead atoms. The molecule has 2 aromatic heterocycles. The van der Waals surface area contributed by atoms with Gasteiger partial charge in [0.05, 0.1) is 5.69 Å². The van der Waals surface area contributed by atoms with Crippen molar-refractivity contribution >= 4 is 27.8 Å². The lowest BCUT2D eigenvalue weighted by atomic mass is 9.92. The molecular weight excluding hydrogens is 465 g/mol. The first kappa shape index (κ1) is 22.1. The van der Waals surface area contributed by atoms with Gasteiger partial charge in [-0.2, -0.15) is 0 Å². The van der Waals surface area contributed by atoms with E-state index in [2.05, 4.69) is 40.2 Å². The lowest BCUT2D eigenvalue weighted by molar-refractivity contribution is -0.0323. The maximum atomic E-state index is 15.0. The van der Waals surface area contributed by atoms with Crippen molar-refractivity contribution in [3.05, 3.63) is 83.3 Å². The van der Waals surface area contributed by atoms with E-state index < -0.39 is 6.16 Å². The van der Waals surface area contributed by atoms with E-state index in [0.29, 0.717) is 30.1 Å². The SMILES string of the molecule is O=C(O)OC1CN(CCc2ccc(-c3nc4ccc(C5(c6ccccc6)CC5)nc4s3)c(F)c2)C1. The number of halogens is 1. The fourth-order valence-electron chi connectivity index (χ4n) is 4.87. The maximum Gasteiger partial charge on any atom is 0.506 e. The zero-order valence-electron chi connectivity index (χ0n) is 19.0. The van der Waals surface area contributed by atoms with Gasteiger partial charge in [-0.25, -0.2) is 19.2 Å². The highest BCUT2D eigenvalue weighted by molar-refractivity contribution is 7.21. The number of aromatic nitrogens is 2. The number of nitrogens with zero attached hydrogens (tertiary/aromatic N) is 3. The molecule has 2 aromatic carbocycles. The summed E-state index contributed by atoms with van der Waals surface area (Å²) in [6.07, 6.45) is 1.35. The molecule has 0 amide bonds. The standard InChI is InChI=1S/C27H24FN3O3S/c28-21-14-17(10-13-31-15-19(16-31)34-26(32)33)6-7-20(21)24-29-22-8-9-23(30-25(22)35-24)27(11-12-27)18-4-2-1-3-5-18/h1-9,14,19H,10-13,15-16H2,(H,32,33). The molecule has 4 aromatic rings. The van der Waals surface area contributed by atoms with Crippen LogP contribution in [0.4, 0.5) is 9.18 Å². The molecule has 6 nitrogen and oxygen atoms in total. The highest BCUT2D eigenvalue weighted by atomic mass is 32.1. The van der Waals surface area contributed by atoms with Gasteiger partial charge in [0.15, 0.2) is 0 Å². The van der Waals surface area contributed by atoms with Crippen LogP contribution in [0.15, 0.2) is 60.7 Å². The number of rotatable bonds is 7. The molecule has 1 saturated carbocycles. The molecule has 6 rings (SSSR count). The van der Waals surface area contributed by atoms with Crippen molar-refractivity contribution in [3.8, 4) is 10.6 Å². The van der Waals surface area contributed by atoms with E-state index in [0.717, 1.165) is 41.0 Å². The number of likely N-dealkylation sites (tertiary alicyclic amines) is 1. The van der Waals surface area contributed by atoms with Crippen LogP contribution in [-0.4, -0.2) is 51.9 Å². The second-order valence-corrected chi connectivity index (χ2v) is 10.3. The Morgan fingerprint density at radius 3 is 2.63 bits per heavy atom. The number of hydrogen-bond donors (Lipinski definition) is 1. The molecule has 2 fully saturated rings. The average Bonchev–Trinajstić information content (AvgIpc) is 3.54. The summed E-state index contributed by atoms with van der Waals surface area (Å²) >= 11 is 1.43. The number of thiazole rings is 1. The number of benzene rings is 2. The number of carboxylic acid groups (broad SMARTS) is 1. The smallest absolute Gasteiger partial charge is 0.450 e. The van der Waals surface area contributed by atoms with Crippen molar-refractivity contribution in [1.29, 1.82) is 0 Å². The predicted octanol–water partition coefficient (Wildman–Crippen LogP) is 5.50. The molecule has 8 heteroatoms. The Kier molecular flexibility index (Phi) is 5.50. The Hall–Kier alpha value is -3.36. The molecule has 3 heterocycles. The van der Waals surface area contributed by atoms with Crippen molar-refractivity contribution in [3.63, 3.8) is 0 Å². The second kappa shape index (κ2) is 8.70. The van der Waals surface area contributed by atoms with Crippen LogP contribution in [0.5, 0.6) is 0 Å². The summed E-state index contributed by atoms with van der Waals surface area (Å²) in [6, 6.07) is 19.9. The van der Waals surface area contributed by atoms with E-state index in [1.165, 1.54) is 16.9 Å². The minimum absolute atomic E-state index is 0.0112. The average molecular weight is 490 g/mol. The van der Waals surface area contributed by atoms with Gasteiger partial charge in [-0.1, -0.05) is 47.7 Å². The third kappa shape index (κ3) is 4.28. The molecule has 35 heavy (non-hydrogen) atoms. The Labute approximate surface area is 206 Å². The molecule has 0 atom stereocenters. The van der Waals surface area contributed by atoms with Crippen LogP contribution in [0.25, 0.3) is 20.9 Å². The summed E-state index contributed by atoms with van der Waals surface area (Å²) < 4.78 is 19.8. The number of pyridine rings is 1. The third-order valence-corrected chi connectivity index (χ3v) is 7.99. The first-order chi connectivity index (χ1) is 17.0. The van der Waals surface area contributed by atoms with Crippen molar-refractivity contribution in [1.82, 2.24) is 14.9 Å². The summed E-state index contributed by atoms with van der Waals surface area (Å²) in [5, 5.41) is 9.28.